The topological polar surface area (TPSA) is 55.7 Å². The average molecular weight is 257 g/mol. The summed E-state index contributed by atoms with van der Waals surface area (Å²) in [6.07, 6.45) is -1.49. The van der Waals surface area contributed by atoms with E-state index in [0.717, 1.165) is 7.11 Å². The van der Waals surface area contributed by atoms with Gasteiger partial charge in [-0.15, -0.1) is 4.91 Å². The summed E-state index contributed by atoms with van der Waals surface area (Å²) in [4.78, 5) is 21.4. The molecule has 0 N–H and O–H groups in total. The molecule has 0 aliphatic heterocycles. The monoisotopic (exact) mass is 257 g/mol. The van der Waals surface area contributed by atoms with Crippen molar-refractivity contribution < 1.29 is 18.3 Å². The normalized spacial score (nSPS) is 12.8. The predicted molar refractivity (Wildman–Crippen MR) is 61.3 cm³/mol. The first-order chi connectivity index (χ1) is 8.48. The largest absolute Gasteiger partial charge is 0.467 e. The summed E-state index contributed by atoms with van der Waals surface area (Å²) in [6.45, 7) is 0. The first kappa shape index (κ1) is 14.2. The number of methoxy groups -OCH3 is 1. The van der Waals surface area contributed by atoms with Crippen LogP contribution in [0.2, 0.25) is 0 Å². The van der Waals surface area contributed by atoms with Crippen molar-refractivity contribution in [2.75, 3.05) is 7.11 Å². The van der Waals surface area contributed by atoms with E-state index in [0.29, 0.717) is 5.56 Å². The van der Waals surface area contributed by atoms with Crippen LogP contribution in [-0.2, 0) is 16.0 Å². The third kappa shape index (κ3) is 4.20. The molecule has 0 aliphatic rings. The summed E-state index contributed by atoms with van der Waals surface area (Å²) in [5.74, 6) is -4.23. The number of carbonyl (C=O) groups is 1. The fourth-order valence-corrected chi connectivity index (χ4v) is 1.55. The van der Waals surface area contributed by atoms with Crippen LogP contribution in [0.15, 0.2) is 35.5 Å². The number of hydrogen-bond donors (Lipinski definition) is 0. The first-order valence-corrected chi connectivity index (χ1v) is 5.30. The molecule has 6 heteroatoms. The van der Waals surface area contributed by atoms with Gasteiger partial charge in [-0.3, -0.25) is 0 Å². The van der Waals surface area contributed by atoms with Crippen molar-refractivity contribution >= 4 is 5.97 Å². The third-order valence-corrected chi connectivity index (χ3v) is 2.40. The standard InChI is InChI=1S/C12H13F2NO3/c1-18-11(16)10(15-17)8-12(13,14)7-9-5-3-2-4-6-9/h2-6,10H,7-8H2,1H3/t10-/m0/s1. The lowest BCUT2D eigenvalue weighted by Gasteiger charge is -2.18. The quantitative estimate of drug-likeness (QED) is 0.581. The van der Waals surface area contributed by atoms with Crippen LogP contribution in [0.25, 0.3) is 0 Å². The Bertz CT molecular complexity index is 409. The van der Waals surface area contributed by atoms with Gasteiger partial charge in [0.15, 0.2) is 6.04 Å². The Kier molecular flexibility index (Phi) is 4.88. The molecule has 18 heavy (non-hydrogen) atoms. The molecule has 1 atom stereocenters. The molecule has 1 aromatic carbocycles. The number of hydrogen-bond acceptors (Lipinski definition) is 4. The highest BCUT2D eigenvalue weighted by molar-refractivity contribution is 5.75. The molecule has 0 aromatic heterocycles. The molecule has 0 saturated carbocycles. The number of nitroso groups, excluding NO2 is 1. The summed E-state index contributed by atoms with van der Waals surface area (Å²) in [5, 5.41) is 2.38. The maximum atomic E-state index is 13.6. The summed E-state index contributed by atoms with van der Waals surface area (Å²) in [6, 6.07) is 6.42. The van der Waals surface area contributed by atoms with Crippen molar-refractivity contribution in [3.8, 4) is 0 Å². The van der Waals surface area contributed by atoms with Crippen LogP contribution in [0.5, 0.6) is 0 Å². The Balaban J connectivity index is 2.69. The third-order valence-electron chi connectivity index (χ3n) is 2.40. The van der Waals surface area contributed by atoms with Crippen LogP contribution in [0, 0.1) is 4.91 Å². The molecule has 98 valence electrons. The fraction of sp³-hybridized carbons (Fsp3) is 0.417. The zero-order valence-electron chi connectivity index (χ0n) is 9.81. The van der Waals surface area contributed by atoms with E-state index < -0.39 is 30.8 Å². The van der Waals surface area contributed by atoms with E-state index >= 15 is 0 Å². The van der Waals surface area contributed by atoms with Gasteiger partial charge in [0, 0.05) is 12.8 Å². The van der Waals surface area contributed by atoms with Crippen molar-refractivity contribution in [1.29, 1.82) is 0 Å². The van der Waals surface area contributed by atoms with Crippen molar-refractivity contribution in [2.45, 2.75) is 24.8 Å². The Labute approximate surface area is 103 Å². The first-order valence-electron chi connectivity index (χ1n) is 5.30. The Morgan fingerprint density at radius 1 is 1.39 bits per heavy atom. The molecule has 0 fully saturated rings. The van der Waals surface area contributed by atoms with Crippen LogP contribution < -0.4 is 0 Å². The maximum Gasteiger partial charge on any atom is 0.334 e. The zero-order valence-corrected chi connectivity index (χ0v) is 9.81. The van der Waals surface area contributed by atoms with Crippen LogP contribution in [0.1, 0.15) is 12.0 Å². The SMILES string of the molecule is COC(=O)[C@H](CC(F)(F)Cc1ccccc1)N=O. The summed E-state index contributed by atoms with van der Waals surface area (Å²) < 4.78 is 31.5. The highest BCUT2D eigenvalue weighted by Crippen LogP contribution is 2.26. The lowest BCUT2D eigenvalue weighted by Crippen LogP contribution is -2.31. The average Bonchev–Trinajstić information content (AvgIpc) is 2.35. The van der Waals surface area contributed by atoms with Crippen molar-refractivity contribution in [1.82, 2.24) is 0 Å². The highest BCUT2D eigenvalue weighted by atomic mass is 19.3. The molecule has 0 saturated heterocycles. The van der Waals surface area contributed by atoms with Gasteiger partial charge >= 0.3 is 5.97 Å². The zero-order chi connectivity index (χ0) is 13.6. The van der Waals surface area contributed by atoms with Crippen molar-refractivity contribution in [3.05, 3.63) is 40.8 Å². The van der Waals surface area contributed by atoms with Gasteiger partial charge in [-0.25, -0.2) is 13.6 Å². The second kappa shape index (κ2) is 6.18. The Hall–Kier alpha value is -1.85. The Morgan fingerprint density at radius 2 is 2.00 bits per heavy atom. The molecule has 4 nitrogen and oxygen atoms in total. The molecule has 1 aromatic rings. The molecule has 0 aliphatic carbocycles. The summed E-state index contributed by atoms with van der Waals surface area (Å²) in [7, 11) is 1.02. The van der Waals surface area contributed by atoms with Gasteiger partial charge in [0.1, 0.15) is 0 Å². The number of ether oxygens (including phenoxy) is 1. The number of esters is 1. The van der Waals surface area contributed by atoms with E-state index in [2.05, 4.69) is 9.91 Å². The van der Waals surface area contributed by atoms with Gasteiger partial charge in [0.2, 0.25) is 0 Å². The number of benzene rings is 1. The second-order valence-electron chi connectivity index (χ2n) is 3.87. The molecule has 0 amide bonds. The van der Waals surface area contributed by atoms with E-state index in [9.17, 15) is 18.5 Å². The predicted octanol–water partition coefficient (Wildman–Crippen LogP) is 2.56. The molecular weight excluding hydrogens is 244 g/mol. The Morgan fingerprint density at radius 3 is 2.50 bits per heavy atom. The smallest absolute Gasteiger partial charge is 0.334 e. The van der Waals surface area contributed by atoms with Gasteiger partial charge in [-0.1, -0.05) is 35.5 Å². The van der Waals surface area contributed by atoms with Gasteiger partial charge < -0.3 is 4.74 Å². The minimum atomic E-state index is -3.19. The van der Waals surface area contributed by atoms with Crippen molar-refractivity contribution in [3.63, 3.8) is 0 Å². The minimum Gasteiger partial charge on any atom is -0.467 e. The lowest BCUT2D eigenvalue weighted by atomic mass is 10.0. The van der Waals surface area contributed by atoms with Crippen LogP contribution in [0.3, 0.4) is 0 Å². The number of nitrogens with zero attached hydrogens (tertiary/aromatic N) is 1. The maximum absolute atomic E-state index is 13.6. The van der Waals surface area contributed by atoms with Gasteiger partial charge in [0.25, 0.3) is 5.92 Å². The minimum absolute atomic E-state index is 0.428. The van der Waals surface area contributed by atoms with Crippen LogP contribution in [-0.4, -0.2) is 25.0 Å². The molecule has 0 unspecified atom stereocenters. The van der Waals surface area contributed by atoms with E-state index in [-0.39, 0.29) is 0 Å². The van der Waals surface area contributed by atoms with E-state index in [1.165, 1.54) is 0 Å². The summed E-state index contributed by atoms with van der Waals surface area (Å²) >= 11 is 0. The van der Waals surface area contributed by atoms with Gasteiger partial charge in [0.05, 0.1) is 7.11 Å². The van der Waals surface area contributed by atoms with Gasteiger partial charge in [-0.2, -0.15) is 0 Å². The second-order valence-corrected chi connectivity index (χ2v) is 3.87. The number of rotatable bonds is 6. The van der Waals surface area contributed by atoms with Crippen LogP contribution >= 0.6 is 0 Å². The van der Waals surface area contributed by atoms with E-state index in [1.54, 1.807) is 30.3 Å². The molecule has 0 spiro atoms. The van der Waals surface area contributed by atoms with Crippen molar-refractivity contribution in [2.24, 2.45) is 5.18 Å². The van der Waals surface area contributed by atoms with Gasteiger partial charge in [-0.05, 0) is 5.56 Å². The molecular formula is C12H13F2NO3. The number of halogens is 2. The van der Waals surface area contributed by atoms with E-state index in [1.807, 2.05) is 0 Å². The van der Waals surface area contributed by atoms with Crippen LogP contribution in [0.4, 0.5) is 8.78 Å². The number of carbonyl (C=O) groups excluding carboxylic acids is 1. The fourth-order valence-electron chi connectivity index (χ4n) is 1.55. The van der Waals surface area contributed by atoms with E-state index in [4.69, 9.17) is 0 Å². The molecule has 0 heterocycles. The molecule has 0 radical (unpaired) electrons. The summed E-state index contributed by atoms with van der Waals surface area (Å²) in [5.41, 5.74) is 0.428. The molecule has 1 rings (SSSR count). The number of alkyl halides is 2. The highest BCUT2D eigenvalue weighted by Gasteiger charge is 2.37. The molecule has 0 bridgehead atoms. The lowest BCUT2D eigenvalue weighted by molar-refractivity contribution is -0.144.